The molecule has 16 N–H and O–H groups in total. The fourth-order valence-electron chi connectivity index (χ4n) is 14.2. The van der Waals surface area contributed by atoms with Gasteiger partial charge >= 0.3 is 12.2 Å². The van der Waals surface area contributed by atoms with E-state index < -0.39 is 226 Å². The quantitative estimate of drug-likeness (QED) is 0.0246. The second-order valence-corrected chi connectivity index (χ2v) is 29.5. The van der Waals surface area contributed by atoms with Gasteiger partial charge in [-0.3, -0.25) is 47.2 Å². The number of carbonyl (C=O) groups excluding carboxylic acids is 9. The number of carbonyl (C=O) groups is 9. The van der Waals surface area contributed by atoms with Crippen LogP contribution in [0.1, 0.15) is 62.9 Å². The maximum atomic E-state index is 15.4. The lowest BCUT2D eigenvalue weighted by atomic mass is 9.98. The molecule has 112 heavy (non-hydrogen) atoms. The summed E-state index contributed by atoms with van der Waals surface area (Å²) >= 11 is -4.92. The third-order valence-electron chi connectivity index (χ3n) is 20.0. The van der Waals surface area contributed by atoms with Crippen LogP contribution < -0.4 is 50.2 Å². The van der Waals surface area contributed by atoms with Crippen molar-refractivity contribution < 1.29 is 121 Å². The second kappa shape index (κ2) is 39.1. The second-order valence-electron chi connectivity index (χ2n) is 28.4. The van der Waals surface area contributed by atoms with Gasteiger partial charge in [0.2, 0.25) is 35.4 Å². The molecule has 0 saturated carbocycles. The Morgan fingerprint density at radius 1 is 0.643 bits per heavy atom. The number of anilines is 3. The molecule has 5 fully saturated rings. The molecule has 4 aromatic carbocycles. The van der Waals surface area contributed by atoms with E-state index in [2.05, 4.69) is 117 Å². The zero-order valence-electron chi connectivity index (χ0n) is 62.4. The minimum atomic E-state index is -4.92. The molecule has 36 nitrogen and oxygen atoms in total. The van der Waals surface area contributed by atoms with E-state index in [1.165, 1.54) is 31.2 Å². The number of nitrogens with zero attached hydrogens (tertiary/aromatic N) is 6. The molecule has 0 radical (unpaired) electrons. The zero-order chi connectivity index (χ0) is 81.4. The van der Waals surface area contributed by atoms with Gasteiger partial charge in [0.05, 0.1) is 68.1 Å². The van der Waals surface area contributed by atoms with Gasteiger partial charge in [-0.2, -0.15) is 0 Å². The van der Waals surface area contributed by atoms with Crippen molar-refractivity contribution in [2.75, 3.05) is 107 Å². The molecular weight excluding hydrogens is 1490 g/mol. The summed E-state index contributed by atoms with van der Waals surface area (Å²) in [4.78, 5) is 139. The maximum absolute atomic E-state index is 15.4. The molecule has 0 spiro atoms. The van der Waals surface area contributed by atoms with Crippen molar-refractivity contribution in [2.24, 2.45) is 5.92 Å². The molecule has 0 aromatic heterocycles. The first kappa shape index (κ1) is 86.2. The van der Waals surface area contributed by atoms with Crippen LogP contribution in [0.4, 0.5) is 26.7 Å². The fourth-order valence-corrected chi connectivity index (χ4v) is 14.6. The molecule has 8 amide bonds. The lowest BCUT2D eigenvalue weighted by molar-refractivity contribution is -0.147. The maximum Gasteiger partial charge on any atom is 0.514 e. The molecule has 5 saturated heterocycles. The number of piperazine rings is 1. The van der Waals surface area contributed by atoms with Crippen molar-refractivity contribution in [3.63, 3.8) is 0 Å². The Hall–Kier alpha value is -9.74. The van der Waals surface area contributed by atoms with Gasteiger partial charge in [-0.15, -0.1) is 0 Å². The van der Waals surface area contributed by atoms with Gasteiger partial charge in [-0.1, -0.05) is 62.6 Å². The van der Waals surface area contributed by atoms with E-state index in [-0.39, 0.29) is 36.5 Å². The van der Waals surface area contributed by atoms with Crippen molar-refractivity contribution in [3.05, 3.63) is 127 Å². The first-order chi connectivity index (χ1) is 53.3. The smallest absolute Gasteiger partial charge is 0.445 e. The Labute approximate surface area is 648 Å². The lowest BCUT2D eigenvalue weighted by Crippen LogP contribution is -2.64. The summed E-state index contributed by atoms with van der Waals surface area (Å²) in [5.74, 6) is -11.0. The number of benzene rings is 4. The highest BCUT2D eigenvalue weighted by atomic mass is 32.3. The number of ether oxygens (including phenoxy) is 4. The monoisotopic (exact) mass is 1590 g/mol. The molecule has 37 heteroatoms. The molecule has 5 aliphatic rings. The number of amides is 8. The highest BCUT2D eigenvalue weighted by Gasteiger charge is 2.50. The average Bonchev–Trinajstić information content (AvgIpc) is 1.61. The van der Waals surface area contributed by atoms with Gasteiger partial charge < -0.3 is 120 Å². The summed E-state index contributed by atoms with van der Waals surface area (Å²) in [6.45, 7) is 12.8. The first-order valence-electron chi connectivity index (χ1n) is 36.7. The minimum absolute atomic E-state index is 0.0345. The number of aliphatic hydroxyl groups is 8. The number of rotatable bonds is 24. The van der Waals surface area contributed by atoms with E-state index in [1.54, 1.807) is 12.1 Å². The van der Waals surface area contributed by atoms with E-state index in [1.807, 2.05) is 0 Å². The van der Waals surface area contributed by atoms with Crippen molar-refractivity contribution >= 4 is 81.8 Å². The van der Waals surface area contributed by atoms with Gasteiger partial charge in [0.15, 0.2) is 11.5 Å². The SMILES string of the molecule is C=CCOC(=O)Oc1ccc(C[C@@H](O)[C@@H]2NC(=O)[C@@H]3C[C@@H](O)CN3C(=O)[C@H]([C@@H](C)O)NC(=O)[C@@H](NC(=O)c3ccc(N4CCN(c5ccc(-c6ccc(N7C[C@@H](C)O[C@@H](C)C7)cc6)cc5)CC4)cc3)C[C@@H](O)CNC(=O)[C@@H]3[C@@H](O)[C@@H](C)CN3C(=O)[C@H]([C@H](O)CCN(C(=O)OCC=C)C(CO)CO)NC2=O)cc1OS(O)(O)O. The van der Waals surface area contributed by atoms with E-state index in [0.717, 1.165) is 81.1 Å². The highest BCUT2D eigenvalue weighted by molar-refractivity contribution is 8.15. The van der Waals surface area contributed by atoms with Gasteiger partial charge in [-0.05, 0) is 105 Å². The summed E-state index contributed by atoms with van der Waals surface area (Å²) in [6.07, 6.45) is -14.1. The van der Waals surface area contributed by atoms with Crippen LogP contribution in [0.5, 0.6) is 11.5 Å². The van der Waals surface area contributed by atoms with Gasteiger partial charge in [0.25, 0.3) is 17.1 Å². The zero-order valence-corrected chi connectivity index (χ0v) is 63.2. The predicted octanol–water partition coefficient (Wildman–Crippen LogP) is -0.171. The van der Waals surface area contributed by atoms with Crippen LogP contribution in [0, 0.1) is 5.92 Å². The fraction of sp³-hybridized carbons (Fsp3) is 0.507. The Kier molecular flexibility index (Phi) is 30.1. The van der Waals surface area contributed by atoms with Crippen LogP contribution >= 0.6 is 11.2 Å². The number of nitrogens with one attached hydrogen (secondary N) is 5. The summed E-state index contributed by atoms with van der Waals surface area (Å²) in [7, 11) is 0. The molecule has 0 unspecified atom stereocenters. The van der Waals surface area contributed by atoms with Crippen molar-refractivity contribution in [1.29, 1.82) is 0 Å². The summed E-state index contributed by atoms with van der Waals surface area (Å²) in [5, 5.41) is 103. The topological polar surface area (TPSA) is 502 Å². The molecular formula is C75H101N11O25S. The van der Waals surface area contributed by atoms with Crippen LogP contribution in [0.2, 0.25) is 0 Å². The van der Waals surface area contributed by atoms with E-state index >= 15 is 9.59 Å². The Balaban J connectivity index is 0.986. The van der Waals surface area contributed by atoms with Crippen LogP contribution in [-0.4, -0.2) is 306 Å². The third kappa shape index (κ3) is 22.3. The van der Waals surface area contributed by atoms with Crippen molar-refractivity contribution in [2.45, 2.75) is 145 Å². The summed E-state index contributed by atoms with van der Waals surface area (Å²) < 4.78 is 55.7. The standard InChI is InChI=1S/C75H101N11O25S/c1-7-29-107-74(102)84(53(40-87)41-88)24-23-58(92)64-73(101)86-36-42(3)66(94)65(86)71(99)76-35-54(90)33-56(77-67(95)49-14-20-51(21-15-49)82-27-25-81(26-28-82)50-16-10-47(11-17-50)48-12-18-52(19-13-48)83-37-43(4)109-44(5)38-83)68(96)78-62(45(6)89)72(100)85-39-55(91)34-57(85)69(97)79-63(70(98)80-64)59(93)31-46-9-22-60(110-75(103)108-30-8-2)61(32-46)111-112(104,105)106/h7-22,32,42-45,53-59,62-66,87-94,104-106H,1-2,23-31,33-41H2,3-6H3,(H,76,99)(H,77,95)(H,78,96)(H,79,97)(H,80,98)/t42-,43-,44+,45+,54+,55+,56-,57-,58+,59+,62-,63-,64-,65-,66-/m0/s1. The third-order valence-corrected chi connectivity index (χ3v) is 20.4. The van der Waals surface area contributed by atoms with E-state index in [9.17, 15) is 88.1 Å². The number of morpholine rings is 1. The van der Waals surface area contributed by atoms with Gasteiger partial charge in [0, 0.05) is 113 Å². The van der Waals surface area contributed by atoms with Crippen LogP contribution in [0.3, 0.4) is 0 Å². The number of aliphatic hydroxyl groups excluding tert-OH is 8. The molecule has 0 bridgehead atoms. The van der Waals surface area contributed by atoms with Crippen LogP contribution in [0.15, 0.2) is 116 Å². The Bertz CT molecular complexity index is 3930. The largest absolute Gasteiger partial charge is 0.514 e. The average molecular weight is 1590 g/mol. The highest BCUT2D eigenvalue weighted by Crippen LogP contribution is 2.42. The summed E-state index contributed by atoms with van der Waals surface area (Å²) in [6, 6.07) is 12.7. The van der Waals surface area contributed by atoms with E-state index in [0.29, 0.717) is 26.2 Å². The van der Waals surface area contributed by atoms with Crippen molar-refractivity contribution in [3.8, 4) is 22.6 Å². The van der Waals surface area contributed by atoms with Crippen LogP contribution in [0.25, 0.3) is 11.1 Å². The molecule has 4 aromatic rings. The molecule has 9 rings (SSSR count). The molecule has 612 valence electrons. The van der Waals surface area contributed by atoms with Gasteiger partial charge in [-0.25, -0.2) is 9.59 Å². The normalized spacial score (nSPS) is 25.5. The molecule has 5 heterocycles. The number of fused-ring (bicyclic) bond motifs is 2. The first-order valence-corrected chi connectivity index (χ1v) is 38.2. The van der Waals surface area contributed by atoms with Crippen molar-refractivity contribution in [1.82, 2.24) is 41.3 Å². The number of hydrogen-bond acceptors (Lipinski definition) is 28. The molecule has 5 aliphatic heterocycles. The Morgan fingerprint density at radius 2 is 1.20 bits per heavy atom. The number of hydrogen-bond donors (Lipinski definition) is 16. The molecule has 0 aliphatic carbocycles. The molecule has 15 atom stereocenters. The lowest BCUT2D eigenvalue weighted by Gasteiger charge is -2.37. The predicted molar refractivity (Wildman–Crippen MR) is 405 cm³/mol. The summed E-state index contributed by atoms with van der Waals surface area (Å²) in [5.41, 5.74) is 5.00. The Morgan fingerprint density at radius 3 is 1.77 bits per heavy atom. The van der Waals surface area contributed by atoms with Gasteiger partial charge in [0.1, 0.15) is 49.5 Å². The van der Waals surface area contributed by atoms with Crippen LogP contribution in [-0.2, 0) is 49.4 Å². The van der Waals surface area contributed by atoms with E-state index in [4.69, 9.17) is 23.1 Å². The minimum Gasteiger partial charge on any atom is -0.445 e. The number of β-amino-alcohol motifs (C(OH)–C–C–N with tert-alkyl or cyclic N) is 1.